The molecule has 1 saturated carbocycles. The van der Waals surface area contributed by atoms with Gasteiger partial charge in [-0.1, -0.05) is 38.4 Å². The Hall–Kier alpha value is -1.55. The third-order valence-corrected chi connectivity index (χ3v) is 5.27. The molecule has 0 bridgehead atoms. The van der Waals surface area contributed by atoms with E-state index in [4.69, 9.17) is 16.3 Å². The van der Waals surface area contributed by atoms with E-state index < -0.39 is 6.10 Å². The fourth-order valence-electron chi connectivity index (χ4n) is 3.33. The number of carbonyl (C=O) groups is 2. The highest BCUT2D eigenvalue weighted by Crippen LogP contribution is 2.40. The number of ether oxygens (including phenoxy) is 1. The number of anilines is 1. The minimum atomic E-state index is -0.827. The normalized spacial score (nSPS) is 22.1. The van der Waals surface area contributed by atoms with Gasteiger partial charge in [-0.05, 0) is 62.1 Å². The second kappa shape index (κ2) is 8.22. The Morgan fingerprint density at radius 1 is 1.20 bits per heavy atom. The summed E-state index contributed by atoms with van der Waals surface area (Å²) in [6.07, 6.45) is 2.91. The average Bonchev–Trinajstić information content (AvgIpc) is 2.54. The number of carbonyl (C=O) groups excluding carboxylic acids is 2. The highest BCUT2D eigenvalue weighted by Gasteiger charge is 2.34. The van der Waals surface area contributed by atoms with Crippen molar-refractivity contribution in [3.63, 3.8) is 0 Å². The molecule has 1 unspecified atom stereocenters. The van der Waals surface area contributed by atoms with Gasteiger partial charge in [-0.3, -0.25) is 9.59 Å². The summed E-state index contributed by atoms with van der Waals surface area (Å²) in [5.41, 5.74) is 0.866. The maximum absolute atomic E-state index is 12.4. The summed E-state index contributed by atoms with van der Waals surface area (Å²) in [7, 11) is 0. The predicted octanol–water partition coefficient (Wildman–Crippen LogP) is 5.06. The monoisotopic (exact) mass is 365 g/mol. The van der Waals surface area contributed by atoms with E-state index in [2.05, 4.69) is 26.1 Å². The number of nitrogens with one attached hydrogen (secondary N) is 1. The van der Waals surface area contributed by atoms with Crippen LogP contribution in [0.1, 0.15) is 53.4 Å². The van der Waals surface area contributed by atoms with Crippen molar-refractivity contribution in [3.05, 3.63) is 29.3 Å². The van der Waals surface area contributed by atoms with E-state index in [0.29, 0.717) is 16.6 Å². The van der Waals surface area contributed by atoms with Gasteiger partial charge in [-0.25, -0.2) is 0 Å². The molecule has 0 radical (unpaired) electrons. The molecule has 0 aromatic heterocycles. The molecular formula is C20H28ClNO3. The van der Waals surface area contributed by atoms with Crippen LogP contribution in [0.5, 0.6) is 0 Å². The van der Waals surface area contributed by atoms with E-state index in [1.165, 1.54) is 0 Å². The molecule has 1 aromatic rings. The highest BCUT2D eigenvalue weighted by molar-refractivity contribution is 6.30. The molecule has 1 aromatic carbocycles. The first-order valence-corrected chi connectivity index (χ1v) is 9.31. The minimum absolute atomic E-state index is 0.0972. The third-order valence-electron chi connectivity index (χ3n) is 5.04. The molecule has 1 aliphatic rings. The van der Waals surface area contributed by atoms with Crippen LogP contribution in [0.15, 0.2) is 24.3 Å². The summed E-state index contributed by atoms with van der Waals surface area (Å²) in [5, 5.41) is 3.26. The molecule has 1 N–H and O–H groups in total. The van der Waals surface area contributed by atoms with Crippen LogP contribution in [-0.2, 0) is 14.3 Å². The molecule has 1 atom stereocenters. The van der Waals surface area contributed by atoms with E-state index in [0.717, 1.165) is 25.7 Å². The molecule has 0 aliphatic heterocycles. The number of amides is 1. The highest BCUT2D eigenvalue weighted by atomic mass is 35.5. The molecule has 5 heteroatoms. The van der Waals surface area contributed by atoms with Gasteiger partial charge in [0.1, 0.15) is 0 Å². The zero-order valence-electron chi connectivity index (χ0n) is 15.5. The van der Waals surface area contributed by atoms with E-state index in [9.17, 15) is 9.59 Å². The Morgan fingerprint density at radius 2 is 1.84 bits per heavy atom. The number of rotatable bonds is 4. The SMILES string of the molecule is CC(OC(=O)C1CCC(C(C)(C)C)CC1)C(=O)Nc1cccc(Cl)c1. The van der Waals surface area contributed by atoms with Crippen molar-refractivity contribution < 1.29 is 14.3 Å². The van der Waals surface area contributed by atoms with Gasteiger partial charge in [0.05, 0.1) is 5.92 Å². The molecule has 0 heterocycles. The van der Waals surface area contributed by atoms with Crippen LogP contribution < -0.4 is 5.32 Å². The van der Waals surface area contributed by atoms with Gasteiger partial charge in [0.15, 0.2) is 6.10 Å². The van der Waals surface area contributed by atoms with Gasteiger partial charge in [0.25, 0.3) is 5.91 Å². The summed E-state index contributed by atoms with van der Waals surface area (Å²) >= 11 is 5.90. The van der Waals surface area contributed by atoms with Crippen LogP contribution in [-0.4, -0.2) is 18.0 Å². The minimum Gasteiger partial charge on any atom is -0.452 e. The lowest BCUT2D eigenvalue weighted by Crippen LogP contribution is -2.34. The van der Waals surface area contributed by atoms with Crippen molar-refractivity contribution in [1.82, 2.24) is 0 Å². The Kier molecular flexibility index (Phi) is 6.50. The average molecular weight is 366 g/mol. The maximum Gasteiger partial charge on any atom is 0.309 e. The van der Waals surface area contributed by atoms with Gasteiger partial charge < -0.3 is 10.1 Å². The Labute approximate surface area is 155 Å². The second-order valence-electron chi connectivity index (χ2n) is 7.99. The van der Waals surface area contributed by atoms with Gasteiger partial charge in [-0.2, -0.15) is 0 Å². The smallest absolute Gasteiger partial charge is 0.309 e. The van der Waals surface area contributed by atoms with Gasteiger partial charge in [0, 0.05) is 10.7 Å². The van der Waals surface area contributed by atoms with Gasteiger partial charge >= 0.3 is 5.97 Å². The first kappa shape index (κ1) is 19.8. The first-order chi connectivity index (χ1) is 11.7. The van der Waals surface area contributed by atoms with Crippen molar-refractivity contribution in [2.45, 2.75) is 59.5 Å². The summed E-state index contributed by atoms with van der Waals surface area (Å²) in [6, 6.07) is 6.88. The molecule has 1 aliphatic carbocycles. The van der Waals surface area contributed by atoms with Crippen LogP contribution in [0.25, 0.3) is 0 Å². The molecule has 4 nitrogen and oxygen atoms in total. The quantitative estimate of drug-likeness (QED) is 0.758. The molecule has 1 fully saturated rings. The largest absolute Gasteiger partial charge is 0.452 e. The van der Waals surface area contributed by atoms with Crippen molar-refractivity contribution in [2.75, 3.05) is 5.32 Å². The van der Waals surface area contributed by atoms with Crippen molar-refractivity contribution in [2.24, 2.45) is 17.3 Å². The van der Waals surface area contributed by atoms with Crippen LogP contribution in [0.3, 0.4) is 0 Å². The number of hydrogen-bond acceptors (Lipinski definition) is 3. The van der Waals surface area contributed by atoms with E-state index in [1.807, 2.05) is 0 Å². The Balaban J connectivity index is 1.83. The van der Waals surface area contributed by atoms with Crippen LogP contribution in [0, 0.1) is 17.3 Å². The Bertz CT molecular complexity index is 616. The van der Waals surface area contributed by atoms with Crippen LogP contribution in [0.2, 0.25) is 5.02 Å². The molecule has 2 rings (SSSR count). The fraction of sp³-hybridized carbons (Fsp3) is 0.600. The van der Waals surface area contributed by atoms with Gasteiger partial charge in [0.2, 0.25) is 0 Å². The van der Waals surface area contributed by atoms with E-state index >= 15 is 0 Å². The van der Waals surface area contributed by atoms with Crippen molar-refractivity contribution >= 4 is 29.2 Å². The van der Waals surface area contributed by atoms with Crippen molar-refractivity contribution in [1.29, 1.82) is 0 Å². The number of benzene rings is 1. The predicted molar refractivity (Wildman–Crippen MR) is 101 cm³/mol. The summed E-state index contributed by atoms with van der Waals surface area (Å²) in [4.78, 5) is 24.5. The number of halogens is 1. The zero-order valence-corrected chi connectivity index (χ0v) is 16.2. The van der Waals surface area contributed by atoms with Crippen LogP contribution in [0.4, 0.5) is 5.69 Å². The lowest BCUT2D eigenvalue weighted by atomic mass is 9.70. The second-order valence-corrected chi connectivity index (χ2v) is 8.43. The van der Waals surface area contributed by atoms with Crippen LogP contribution >= 0.6 is 11.6 Å². The summed E-state index contributed by atoms with van der Waals surface area (Å²) in [5.74, 6) is -0.0692. The first-order valence-electron chi connectivity index (χ1n) is 8.93. The molecular weight excluding hydrogens is 338 g/mol. The number of esters is 1. The third kappa shape index (κ3) is 5.74. The topological polar surface area (TPSA) is 55.4 Å². The molecule has 1 amide bonds. The summed E-state index contributed by atoms with van der Waals surface area (Å²) < 4.78 is 5.39. The summed E-state index contributed by atoms with van der Waals surface area (Å²) in [6.45, 7) is 8.34. The fourth-order valence-corrected chi connectivity index (χ4v) is 3.52. The number of hydrogen-bond donors (Lipinski definition) is 1. The standard InChI is InChI=1S/C20H28ClNO3/c1-13(18(23)22-17-7-5-6-16(21)12-17)25-19(24)14-8-10-15(11-9-14)20(2,3)4/h5-7,12-15H,8-11H2,1-4H3,(H,22,23). The zero-order chi connectivity index (χ0) is 18.6. The lowest BCUT2D eigenvalue weighted by Gasteiger charge is -2.36. The molecule has 0 saturated heterocycles. The van der Waals surface area contributed by atoms with Crippen molar-refractivity contribution in [3.8, 4) is 0 Å². The van der Waals surface area contributed by atoms with Gasteiger partial charge in [-0.15, -0.1) is 0 Å². The molecule has 138 valence electrons. The molecule has 25 heavy (non-hydrogen) atoms. The van der Waals surface area contributed by atoms with E-state index in [1.54, 1.807) is 31.2 Å². The Morgan fingerprint density at radius 3 is 2.40 bits per heavy atom. The molecule has 0 spiro atoms. The van der Waals surface area contributed by atoms with E-state index in [-0.39, 0.29) is 23.2 Å². The lowest BCUT2D eigenvalue weighted by molar-refractivity contribution is -0.158. The maximum atomic E-state index is 12.4.